The molecule has 0 aromatic carbocycles. The zero-order valence-electron chi connectivity index (χ0n) is 6.98. The van der Waals surface area contributed by atoms with Crippen LogP contribution in [0.4, 0.5) is 0 Å². The van der Waals surface area contributed by atoms with Crippen LogP contribution in [0.2, 0.25) is 0 Å². The second kappa shape index (κ2) is 1.16. The highest BCUT2D eigenvalue weighted by molar-refractivity contribution is 5.43. The summed E-state index contributed by atoms with van der Waals surface area (Å²) in [6.45, 7) is 0. The van der Waals surface area contributed by atoms with Crippen molar-refractivity contribution in [2.24, 2.45) is 40.9 Å². The lowest BCUT2D eigenvalue weighted by Crippen LogP contribution is -2.41. The molecule has 7 bridgehead atoms. The highest BCUT2D eigenvalue weighted by Crippen LogP contribution is 2.85. The van der Waals surface area contributed by atoms with E-state index in [9.17, 15) is 0 Å². The molecule has 0 aromatic rings. The van der Waals surface area contributed by atoms with Gasteiger partial charge < -0.3 is 0 Å². The van der Waals surface area contributed by atoms with Gasteiger partial charge in [0.1, 0.15) is 0 Å². The van der Waals surface area contributed by atoms with Crippen molar-refractivity contribution < 1.29 is 0 Å². The number of allylic oxidation sites excluding steroid dienone is 4. The fourth-order valence-corrected chi connectivity index (χ4v) is 5.34. The maximum Gasteiger partial charge on any atom is -0.00407 e. The molecule has 7 aliphatic rings. The standard InChI is InChI=1S/C12H12/c1-2-8-9-5-12-4-3-6(9)7(1)10(12)11(8)12/h1-4,6-11H,5H2. The fourth-order valence-electron chi connectivity index (χ4n) is 5.34. The van der Waals surface area contributed by atoms with E-state index in [-0.39, 0.29) is 0 Å². The Morgan fingerprint density at radius 2 is 1.75 bits per heavy atom. The predicted octanol–water partition coefficient (Wildman–Crippen LogP) is 2.24. The summed E-state index contributed by atoms with van der Waals surface area (Å²) in [6, 6.07) is 0. The molecule has 12 heavy (non-hydrogen) atoms. The van der Waals surface area contributed by atoms with Crippen LogP contribution in [0.5, 0.6) is 0 Å². The minimum Gasteiger partial charge on any atom is -0.0845 e. The first-order chi connectivity index (χ1) is 5.92. The Bertz CT molecular complexity index is 341. The van der Waals surface area contributed by atoms with Crippen LogP contribution in [0.1, 0.15) is 6.42 Å². The zero-order chi connectivity index (χ0) is 7.50. The second-order valence-corrected chi connectivity index (χ2v) is 5.51. The highest BCUT2D eigenvalue weighted by Gasteiger charge is 2.80. The molecular weight excluding hydrogens is 144 g/mol. The van der Waals surface area contributed by atoms with Gasteiger partial charge in [0.15, 0.2) is 0 Å². The molecule has 60 valence electrons. The molecule has 0 amide bonds. The van der Waals surface area contributed by atoms with Crippen LogP contribution in [-0.4, -0.2) is 0 Å². The van der Waals surface area contributed by atoms with Gasteiger partial charge >= 0.3 is 0 Å². The van der Waals surface area contributed by atoms with Crippen LogP contribution in [0.25, 0.3) is 0 Å². The molecule has 0 radical (unpaired) electrons. The van der Waals surface area contributed by atoms with E-state index >= 15 is 0 Å². The van der Waals surface area contributed by atoms with Crippen molar-refractivity contribution >= 4 is 0 Å². The van der Waals surface area contributed by atoms with Gasteiger partial charge in [0.25, 0.3) is 0 Å². The molecule has 7 rings (SSSR count). The lowest BCUT2D eigenvalue weighted by molar-refractivity contribution is 0.109. The van der Waals surface area contributed by atoms with Gasteiger partial charge in [-0.3, -0.25) is 0 Å². The molecular formula is C12H12. The van der Waals surface area contributed by atoms with Crippen LogP contribution < -0.4 is 0 Å². The topological polar surface area (TPSA) is 0 Å². The first-order valence-corrected chi connectivity index (χ1v) is 5.29. The maximum atomic E-state index is 2.59. The molecule has 7 atom stereocenters. The van der Waals surface area contributed by atoms with Gasteiger partial charge in [-0.1, -0.05) is 24.3 Å². The first kappa shape index (κ1) is 5.26. The van der Waals surface area contributed by atoms with Crippen LogP contribution in [-0.2, 0) is 0 Å². The van der Waals surface area contributed by atoms with Gasteiger partial charge in [-0.2, -0.15) is 0 Å². The molecule has 0 nitrogen and oxygen atoms in total. The van der Waals surface area contributed by atoms with E-state index in [1.165, 1.54) is 0 Å². The smallest absolute Gasteiger partial charge is 0.00407 e. The largest absolute Gasteiger partial charge is 0.0845 e. The van der Waals surface area contributed by atoms with E-state index in [4.69, 9.17) is 0 Å². The SMILES string of the molecule is C1=CC23CC4C1C1C=CC4C2C13. The molecule has 0 aliphatic heterocycles. The fraction of sp³-hybridized carbons (Fsp3) is 0.667. The lowest BCUT2D eigenvalue weighted by Gasteiger charge is -2.47. The average molecular weight is 156 g/mol. The Morgan fingerprint density at radius 1 is 0.917 bits per heavy atom. The molecule has 3 fully saturated rings. The van der Waals surface area contributed by atoms with E-state index in [0.717, 1.165) is 40.9 Å². The summed E-state index contributed by atoms with van der Waals surface area (Å²) in [7, 11) is 0. The third kappa shape index (κ3) is 0.278. The Labute approximate surface area is 72.3 Å². The molecule has 3 saturated carbocycles. The number of hydrogen-bond donors (Lipinski definition) is 0. The molecule has 0 heterocycles. The van der Waals surface area contributed by atoms with Gasteiger partial charge in [0.2, 0.25) is 0 Å². The molecule has 0 saturated heterocycles. The molecule has 7 unspecified atom stereocenters. The van der Waals surface area contributed by atoms with Gasteiger partial charge in [-0.05, 0) is 47.3 Å². The summed E-state index contributed by atoms with van der Waals surface area (Å²) < 4.78 is 0. The summed E-state index contributed by atoms with van der Waals surface area (Å²) in [4.78, 5) is 0. The Balaban J connectivity index is 1.96. The Morgan fingerprint density at radius 3 is 2.58 bits per heavy atom. The van der Waals surface area contributed by atoms with Gasteiger partial charge in [0, 0.05) is 0 Å². The first-order valence-electron chi connectivity index (χ1n) is 5.29. The van der Waals surface area contributed by atoms with E-state index in [0.29, 0.717) is 0 Å². The minimum atomic E-state index is 0.748. The molecule has 0 N–H and O–H groups in total. The van der Waals surface area contributed by atoms with E-state index in [1.807, 2.05) is 0 Å². The highest BCUT2D eigenvalue weighted by atomic mass is 14.8. The van der Waals surface area contributed by atoms with Crippen molar-refractivity contribution in [3.8, 4) is 0 Å². The third-order valence-electron chi connectivity index (χ3n) is 5.56. The Kier molecular flexibility index (Phi) is 0.509. The van der Waals surface area contributed by atoms with E-state index in [2.05, 4.69) is 24.3 Å². The summed E-state index contributed by atoms with van der Waals surface area (Å²) in [5, 5.41) is 0. The van der Waals surface area contributed by atoms with E-state index < -0.39 is 0 Å². The molecule has 0 aromatic heterocycles. The van der Waals surface area contributed by atoms with Crippen molar-refractivity contribution in [2.45, 2.75) is 6.42 Å². The van der Waals surface area contributed by atoms with Crippen molar-refractivity contribution in [2.75, 3.05) is 0 Å². The zero-order valence-corrected chi connectivity index (χ0v) is 6.98. The van der Waals surface area contributed by atoms with Gasteiger partial charge in [-0.25, -0.2) is 0 Å². The van der Waals surface area contributed by atoms with Crippen LogP contribution >= 0.6 is 0 Å². The van der Waals surface area contributed by atoms with Crippen LogP contribution in [0.15, 0.2) is 24.3 Å². The van der Waals surface area contributed by atoms with Crippen molar-refractivity contribution in [3.05, 3.63) is 24.3 Å². The summed E-state index contributed by atoms with van der Waals surface area (Å²) >= 11 is 0. The molecule has 1 spiro atoms. The summed E-state index contributed by atoms with van der Waals surface area (Å²) in [5.74, 6) is 6.22. The van der Waals surface area contributed by atoms with Crippen LogP contribution in [0, 0.1) is 40.9 Å². The number of rotatable bonds is 0. The molecule has 7 aliphatic carbocycles. The Hall–Kier alpha value is -0.520. The minimum absolute atomic E-state index is 0.748. The quantitative estimate of drug-likeness (QED) is 0.472. The normalized spacial score (nSPS) is 77.3. The predicted molar refractivity (Wildman–Crippen MR) is 46.3 cm³/mol. The summed E-state index contributed by atoms with van der Waals surface area (Å²) in [5.41, 5.74) is 0.748. The monoisotopic (exact) mass is 156 g/mol. The van der Waals surface area contributed by atoms with Gasteiger partial charge in [-0.15, -0.1) is 0 Å². The van der Waals surface area contributed by atoms with Crippen molar-refractivity contribution in [3.63, 3.8) is 0 Å². The third-order valence-corrected chi connectivity index (χ3v) is 5.56. The molecule has 0 heteroatoms. The van der Waals surface area contributed by atoms with Crippen molar-refractivity contribution in [1.29, 1.82) is 0 Å². The summed E-state index contributed by atoms with van der Waals surface area (Å²) in [6.07, 6.45) is 11.8. The van der Waals surface area contributed by atoms with Gasteiger partial charge in [0.05, 0.1) is 0 Å². The average Bonchev–Trinajstić information content (AvgIpc) is 2.73. The second-order valence-electron chi connectivity index (χ2n) is 5.51. The number of hydrogen-bond acceptors (Lipinski definition) is 0. The maximum absolute atomic E-state index is 2.59. The van der Waals surface area contributed by atoms with Crippen LogP contribution in [0.3, 0.4) is 0 Å². The van der Waals surface area contributed by atoms with Crippen molar-refractivity contribution in [1.82, 2.24) is 0 Å². The lowest BCUT2D eigenvalue weighted by atomic mass is 9.57. The van der Waals surface area contributed by atoms with E-state index in [1.54, 1.807) is 6.42 Å².